The number of hydrazine groups is 1. The highest BCUT2D eigenvalue weighted by Gasteiger charge is 2.44. The predicted octanol–water partition coefficient (Wildman–Crippen LogP) is 2.20. The van der Waals surface area contributed by atoms with E-state index in [0.717, 1.165) is 16.6 Å². The number of rotatable bonds is 4. The van der Waals surface area contributed by atoms with E-state index < -0.39 is 0 Å². The van der Waals surface area contributed by atoms with Crippen LogP contribution in [0, 0.1) is 0 Å². The van der Waals surface area contributed by atoms with Gasteiger partial charge in [-0.25, -0.2) is 5.43 Å². The average Bonchev–Trinajstić information content (AvgIpc) is 3.23. The molecule has 0 aliphatic carbocycles. The topological polar surface area (TPSA) is 72.0 Å². The number of halogens is 1. The number of hydrogen-bond donors (Lipinski definition) is 3. The Balaban J connectivity index is 1.38. The van der Waals surface area contributed by atoms with E-state index in [1.165, 1.54) is 17.3 Å². The average molecular weight is 407 g/mol. The van der Waals surface area contributed by atoms with Crippen LogP contribution in [0.5, 0.6) is 0 Å². The first-order valence-corrected chi connectivity index (χ1v) is 10.4. The Morgan fingerprint density at radius 3 is 2.89 bits per heavy atom. The van der Waals surface area contributed by atoms with Crippen molar-refractivity contribution in [3.05, 3.63) is 47.3 Å². The van der Waals surface area contributed by atoms with Crippen LogP contribution in [0.15, 0.2) is 41.8 Å². The van der Waals surface area contributed by atoms with E-state index in [1.54, 1.807) is 0 Å². The molecule has 1 saturated heterocycles. The van der Waals surface area contributed by atoms with Crippen LogP contribution in [0.4, 0.5) is 0 Å². The van der Waals surface area contributed by atoms with Crippen molar-refractivity contribution in [1.82, 2.24) is 26.1 Å². The molecule has 3 atom stereocenters. The summed E-state index contributed by atoms with van der Waals surface area (Å²) in [4.78, 5) is 14.0. The highest BCUT2D eigenvalue weighted by atomic mass is 35.5. The Morgan fingerprint density at radius 2 is 2.15 bits per heavy atom. The first-order valence-electron chi connectivity index (χ1n) is 9.03. The van der Waals surface area contributed by atoms with Crippen LogP contribution >= 0.6 is 23.4 Å². The van der Waals surface area contributed by atoms with Gasteiger partial charge in [-0.15, -0.1) is 0 Å². The Labute approximate surface area is 168 Å². The molecule has 0 radical (unpaired) electrons. The maximum atomic E-state index is 11.9. The first-order chi connectivity index (χ1) is 13.0. The fraction of sp³-hybridized carbons (Fsp3) is 0.444. The molecule has 0 saturated carbocycles. The Bertz CT molecular complexity index is 768. The fourth-order valence-electron chi connectivity index (χ4n) is 3.56. The molecular weight excluding hydrogens is 384 g/mol. The molecular formula is C18H23ClN6OS. The van der Waals surface area contributed by atoms with Crippen LogP contribution in [0.1, 0.15) is 31.9 Å². The van der Waals surface area contributed by atoms with Crippen LogP contribution in [-0.2, 0) is 4.79 Å². The number of carbonyl (C=O) groups excluding carboxylic acids is 1. The largest absolute Gasteiger partial charge is 0.353 e. The standard InChI is InChI=1S/C18H23ClN6OS/c1-11(2)20-16(26)10-27-18-22-21-17-15-9-14(12-3-5-13(19)6-4-12)23-25(15)8-7-24(17)18/h3-8,11,14-15,17,21,23H,9-10H2,1-2H3,(H,20,26). The molecule has 27 heavy (non-hydrogen) atoms. The van der Waals surface area contributed by atoms with E-state index >= 15 is 0 Å². The number of nitrogens with one attached hydrogen (secondary N) is 3. The van der Waals surface area contributed by atoms with E-state index in [-0.39, 0.29) is 30.2 Å². The maximum Gasteiger partial charge on any atom is 0.230 e. The number of carbonyl (C=O) groups is 1. The molecule has 0 bridgehead atoms. The third-order valence-corrected chi connectivity index (χ3v) is 5.98. The summed E-state index contributed by atoms with van der Waals surface area (Å²) in [6.45, 7) is 3.92. The minimum Gasteiger partial charge on any atom is -0.353 e. The third kappa shape index (κ3) is 3.88. The fourth-order valence-corrected chi connectivity index (χ4v) is 4.47. The molecule has 0 aromatic heterocycles. The van der Waals surface area contributed by atoms with Crippen molar-refractivity contribution >= 4 is 34.4 Å². The summed E-state index contributed by atoms with van der Waals surface area (Å²) < 4.78 is 0. The van der Waals surface area contributed by atoms with Crippen molar-refractivity contribution < 1.29 is 4.79 Å². The third-order valence-electron chi connectivity index (χ3n) is 4.76. The molecule has 3 N–H and O–H groups in total. The number of hydrazone groups is 1. The molecule has 1 aromatic rings. The summed E-state index contributed by atoms with van der Waals surface area (Å²) in [5, 5.41) is 11.1. The number of benzene rings is 1. The lowest BCUT2D eigenvalue weighted by Gasteiger charge is -2.36. The van der Waals surface area contributed by atoms with Gasteiger partial charge in [0.25, 0.3) is 0 Å². The minimum absolute atomic E-state index is 0.0223. The second kappa shape index (κ2) is 7.61. The number of nitrogens with zero attached hydrogens (tertiary/aromatic N) is 3. The van der Waals surface area contributed by atoms with E-state index in [1.807, 2.05) is 38.4 Å². The van der Waals surface area contributed by atoms with Gasteiger partial charge in [-0.3, -0.25) is 10.2 Å². The summed E-state index contributed by atoms with van der Waals surface area (Å²) in [6, 6.07) is 8.58. The quantitative estimate of drug-likeness (QED) is 0.712. The van der Waals surface area contributed by atoms with Crippen molar-refractivity contribution in [2.24, 2.45) is 5.10 Å². The molecule has 3 heterocycles. The Morgan fingerprint density at radius 1 is 1.37 bits per heavy atom. The van der Waals surface area contributed by atoms with Gasteiger partial charge in [-0.1, -0.05) is 35.5 Å². The number of hydrogen-bond acceptors (Lipinski definition) is 7. The van der Waals surface area contributed by atoms with Crippen molar-refractivity contribution in [3.8, 4) is 0 Å². The lowest BCUT2D eigenvalue weighted by Crippen LogP contribution is -2.54. The van der Waals surface area contributed by atoms with Gasteiger partial charge in [-0.05, 0) is 38.0 Å². The normalized spacial score (nSPS) is 25.9. The van der Waals surface area contributed by atoms with Crippen molar-refractivity contribution in [3.63, 3.8) is 0 Å². The molecule has 1 amide bonds. The van der Waals surface area contributed by atoms with E-state index in [0.29, 0.717) is 5.75 Å². The van der Waals surface area contributed by atoms with Gasteiger partial charge in [-0.2, -0.15) is 5.10 Å². The van der Waals surface area contributed by atoms with Gasteiger partial charge in [0.15, 0.2) is 5.17 Å². The lowest BCUT2D eigenvalue weighted by atomic mass is 10.00. The minimum atomic E-state index is 0.0223. The molecule has 3 aliphatic heterocycles. The van der Waals surface area contributed by atoms with Crippen LogP contribution in [0.25, 0.3) is 0 Å². The Hall–Kier alpha value is -1.90. The van der Waals surface area contributed by atoms with Gasteiger partial charge in [0.05, 0.1) is 17.8 Å². The lowest BCUT2D eigenvalue weighted by molar-refractivity contribution is -0.119. The van der Waals surface area contributed by atoms with Crippen LogP contribution in [0.3, 0.4) is 0 Å². The van der Waals surface area contributed by atoms with Crippen LogP contribution in [0.2, 0.25) is 5.02 Å². The summed E-state index contributed by atoms with van der Waals surface area (Å²) in [5.74, 6) is 0.379. The van der Waals surface area contributed by atoms with E-state index in [2.05, 4.69) is 43.3 Å². The smallest absolute Gasteiger partial charge is 0.230 e. The molecule has 1 aromatic carbocycles. The van der Waals surface area contributed by atoms with Crippen molar-refractivity contribution in [2.75, 3.05) is 5.75 Å². The summed E-state index contributed by atoms with van der Waals surface area (Å²) in [5.41, 5.74) is 7.99. The molecule has 3 aliphatic rings. The molecule has 1 fully saturated rings. The molecule has 9 heteroatoms. The molecule has 144 valence electrons. The van der Waals surface area contributed by atoms with Crippen LogP contribution in [-0.4, -0.2) is 45.0 Å². The van der Waals surface area contributed by atoms with Crippen LogP contribution < -0.4 is 16.2 Å². The molecule has 7 nitrogen and oxygen atoms in total. The van der Waals surface area contributed by atoms with Gasteiger partial charge in [0.1, 0.15) is 6.17 Å². The second-order valence-electron chi connectivity index (χ2n) is 7.13. The summed E-state index contributed by atoms with van der Waals surface area (Å²) >= 11 is 7.45. The number of fused-ring (bicyclic) bond motifs is 3. The van der Waals surface area contributed by atoms with E-state index in [4.69, 9.17) is 11.6 Å². The van der Waals surface area contributed by atoms with Gasteiger partial charge in [0, 0.05) is 23.5 Å². The highest BCUT2D eigenvalue weighted by molar-refractivity contribution is 8.14. The number of thioether (sulfide) groups is 1. The first kappa shape index (κ1) is 18.5. The second-order valence-corrected chi connectivity index (χ2v) is 8.51. The van der Waals surface area contributed by atoms with Crippen molar-refractivity contribution in [1.29, 1.82) is 0 Å². The predicted molar refractivity (Wildman–Crippen MR) is 109 cm³/mol. The molecule has 4 rings (SSSR count). The van der Waals surface area contributed by atoms with Crippen molar-refractivity contribution in [2.45, 2.75) is 44.6 Å². The SMILES string of the molecule is CC(C)NC(=O)CSC1=NNC2C3CC(c4ccc(Cl)cc4)NN3C=CN12. The Kier molecular flexibility index (Phi) is 5.21. The van der Waals surface area contributed by atoms with E-state index in [9.17, 15) is 4.79 Å². The number of amidine groups is 1. The van der Waals surface area contributed by atoms with Gasteiger partial charge >= 0.3 is 0 Å². The number of amides is 1. The molecule has 0 spiro atoms. The summed E-state index contributed by atoms with van der Waals surface area (Å²) in [7, 11) is 0. The van der Waals surface area contributed by atoms with Gasteiger partial charge < -0.3 is 15.2 Å². The zero-order valence-electron chi connectivity index (χ0n) is 15.2. The molecule has 3 unspecified atom stereocenters. The monoisotopic (exact) mass is 406 g/mol. The zero-order valence-corrected chi connectivity index (χ0v) is 16.8. The maximum absolute atomic E-state index is 11.9. The highest BCUT2D eigenvalue weighted by Crippen LogP contribution is 2.35. The van der Waals surface area contributed by atoms with Gasteiger partial charge in [0.2, 0.25) is 5.91 Å². The summed E-state index contributed by atoms with van der Waals surface area (Å²) in [6.07, 6.45) is 5.04. The zero-order chi connectivity index (χ0) is 19.0.